The number of amides is 14. The second-order valence-corrected chi connectivity index (χ2v) is 32.2. The van der Waals surface area contributed by atoms with Crippen LogP contribution < -0.4 is 75.3 Å². The molecule has 0 aliphatic carbocycles. The van der Waals surface area contributed by atoms with Crippen molar-refractivity contribution < 1.29 is 102 Å². The maximum atomic E-state index is 15.2. The first-order valence-electron chi connectivity index (χ1n) is 39.1. The molecule has 3 aromatic carbocycles. The predicted octanol–water partition coefficient (Wildman–Crippen LogP) is -3.35. The minimum Gasteiger partial charge on any atom is -0.481 e. The van der Waals surface area contributed by atoms with E-state index in [9.17, 15) is 87.5 Å². The van der Waals surface area contributed by atoms with Crippen LogP contribution in [0.1, 0.15) is 112 Å². The van der Waals surface area contributed by atoms with Crippen molar-refractivity contribution in [1.82, 2.24) is 83.6 Å². The summed E-state index contributed by atoms with van der Waals surface area (Å²) in [5.41, 5.74) is 13.2. The van der Waals surface area contributed by atoms with Gasteiger partial charge in [0.25, 0.3) is 0 Å². The third kappa shape index (κ3) is 31.3. The molecule has 0 saturated carbocycles. The number of benzene rings is 3. The molecule has 0 spiro atoms. The highest BCUT2D eigenvalue weighted by Gasteiger charge is 2.46. The predicted molar refractivity (Wildman–Crippen MR) is 442 cm³/mol. The van der Waals surface area contributed by atoms with Gasteiger partial charge in [-0.15, -0.1) is 0 Å². The zero-order chi connectivity index (χ0) is 88.4. The molecule has 0 radical (unpaired) electrons. The third-order valence-electron chi connectivity index (χ3n) is 19.8. The van der Waals surface area contributed by atoms with E-state index in [-0.39, 0.29) is 87.5 Å². The first-order valence-corrected chi connectivity index (χ1v) is 42.8. The number of aliphatic hydroxyl groups is 1. The molecule has 40 nitrogen and oxygen atoms in total. The van der Waals surface area contributed by atoms with Gasteiger partial charge in [0, 0.05) is 81.4 Å². The Kier molecular flexibility index (Phi) is 38.5. The molecule has 3 aliphatic heterocycles. The number of fused-ring (bicyclic) bond motifs is 4. The van der Waals surface area contributed by atoms with Crippen molar-refractivity contribution in [3.63, 3.8) is 0 Å². The van der Waals surface area contributed by atoms with Crippen LogP contribution in [-0.4, -0.2) is 275 Å². The van der Waals surface area contributed by atoms with Crippen LogP contribution in [0.4, 0.5) is 0 Å². The number of aliphatic carboxylic acids is 3. The van der Waals surface area contributed by atoms with Crippen LogP contribution in [0.25, 0.3) is 0 Å². The Bertz CT molecular complexity index is 4330. The molecule has 2 fully saturated rings. The number of carbonyl (C=O) groups is 17. The van der Waals surface area contributed by atoms with Crippen LogP contribution in [0, 0.1) is 5.41 Å². The van der Waals surface area contributed by atoms with Crippen LogP contribution in [0.2, 0.25) is 0 Å². The maximum absolute atomic E-state index is 15.2. The second kappa shape index (κ2) is 48.4. The Morgan fingerprint density at radius 1 is 0.603 bits per heavy atom. The number of thioether (sulfide) groups is 3. The summed E-state index contributed by atoms with van der Waals surface area (Å²) in [5, 5.41) is 79.0. The number of carbonyl (C=O) groups excluding carboxylic acids is 14. The van der Waals surface area contributed by atoms with Crippen LogP contribution in [0.15, 0.2) is 97.5 Å². The smallest absolute Gasteiger partial charge is 0.305 e. The number of hydrogen-bond donors (Lipinski definition) is 20. The van der Waals surface area contributed by atoms with Gasteiger partial charge in [-0.3, -0.25) is 86.9 Å². The Labute approximate surface area is 709 Å². The van der Waals surface area contributed by atoms with Crippen LogP contribution in [0.3, 0.4) is 0 Å². The molecule has 2 saturated heterocycles. The van der Waals surface area contributed by atoms with Gasteiger partial charge in [-0.2, -0.15) is 35.3 Å². The average molecular weight is 1740 g/mol. The van der Waals surface area contributed by atoms with Gasteiger partial charge < -0.3 is 110 Å². The first-order chi connectivity index (χ1) is 57.7. The molecule has 22 N–H and O–H groups in total. The SMILES string of the molecule is CSCC[C@H](NC(C)=O)C(=O)N[C@H]1CSCc2cccc(c2)CSC[C@@H](C(=O)N[C@@H](CC(=O)O)C(=O)N[C@@H](Cc2c[nH]cn2)C(=O)N[C@@H](Cc2ccccc2)C(=O)N[C@@H](CCCNC(=N)N)C(=O)N[C@H](CC(=O)O)C(N)=O)NC(=O)[C@H](Cc2ccccc2)NC(=O)[C@H](CCC(=O)O)NC(=O)[C@H]([C@@H](C)O)NC(=O)[C@@H]2CCCN2C(=O)[C@@H]2CCCN2C1=O. The number of nitrogens with one attached hydrogen (secondary N) is 14. The number of nitrogens with zero attached hydrogens (tertiary/aromatic N) is 3. The van der Waals surface area contributed by atoms with Gasteiger partial charge in [0.05, 0.1) is 31.0 Å². The van der Waals surface area contributed by atoms with Gasteiger partial charge in [0.2, 0.25) is 82.7 Å². The number of primary amides is 1. The number of H-pyrrole nitrogens is 1. The molecule has 656 valence electrons. The number of carboxylic acid groups (broad SMARTS) is 3. The highest BCUT2D eigenvalue weighted by atomic mass is 32.2. The molecule has 1 aromatic heterocycles. The summed E-state index contributed by atoms with van der Waals surface area (Å²) < 4.78 is 0. The van der Waals surface area contributed by atoms with Crippen molar-refractivity contribution in [3.8, 4) is 0 Å². The van der Waals surface area contributed by atoms with E-state index in [0.717, 1.165) is 18.7 Å². The quantitative estimate of drug-likeness (QED) is 0.0122. The fourth-order valence-corrected chi connectivity index (χ4v) is 16.1. The molecule has 3 aliphatic rings. The van der Waals surface area contributed by atoms with Gasteiger partial charge in [-0.05, 0) is 92.6 Å². The van der Waals surface area contributed by atoms with Crippen molar-refractivity contribution in [2.24, 2.45) is 11.5 Å². The summed E-state index contributed by atoms with van der Waals surface area (Å²) in [6.07, 6.45) is -1.15. The number of hydrogen-bond acceptors (Lipinski definition) is 23. The van der Waals surface area contributed by atoms with E-state index in [4.69, 9.17) is 16.9 Å². The second-order valence-electron chi connectivity index (χ2n) is 29.2. The van der Waals surface area contributed by atoms with Crippen molar-refractivity contribution in [1.29, 1.82) is 5.41 Å². The summed E-state index contributed by atoms with van der Waals surface area (Å²) in [5.74, 6) is -18.5. The summed E-state index contributed by atoms with van der Waals surface area (Å²) in [6.45, 7) is 2.50. The number of aliphatic hydroxyl groups excluding tert-OH is 1. The normalized spacial score (nSPS) is 20.7. The van der Waals surface area contributed by atoms with Gasteiger partial charge in [0.15, 0.2) is 5.96 Å². The molecule has 7 rings (SSSR count). The van der Waals surface area contributed by atoms with Crippen molar-refractivity contribution >= 4 is 142 Å². The lowest BCUT2D eigenvalue weighted by Gasteiger charge is -2.34. The Balaban J connectivity index is 1.25. The fraction of sp³-hybridized carbons (Fsp3) is 0.500. The lowest BCUT2D eigenvalue weighted by molar-refractivity contribution is -0.148. The Hall–Kier alpha value is -11.9. The fourth-order valence-electron chi connectivity index (χ4n) is 13.6. The number of nitrogens with two attached hydrogens (primary N) is 2. The largest absolute Gasteiger partial charge is 0.481 e. The van der Waals surface area contributed by atoms with E-state index in [1.54, 1.807) is 84.9 Å². The average Bonchev–Trinajstić information content (AvgIpc) is 1.67. The highest BCUT2D eigenvalue weighted by Crippen LogP contribution is 2.28. The van der Waals surface area contributed by atoms with E-state index < -0.39 is 229 Å². The van der Waals surface area contributed by atoms with Gasteiger partial charge in [0.1, 0.15) is 78.5 Å². The lowest BCUT2D eigenvalue weighted by Crippen LogP contribution is -2.62. The molecule has 121 heavy (non-hydrogen) atoms. The van der Waals surface area contributed by atoms with Crippen LogP contribution >= 0.6 is 35.3 Å². The molecular formula is C78H105N19O21S3. The maximum Gasteiger partial charge on any atom is 0.305 e. The van der Waals surface area contributed by atoms with Gasteiger partial charge in [-0.25, -0.2) is 4.98 Å². The topological polar surface area (TPSA) is 627 Å². The number of carboxylic acids is 3. The molecular weight excluding hydrogens is 1640 g/mol. The van der Waals surface area contributed by atoms with E-state index in [1.165, 1.54) is 52.8 Å². The summed E-state index contributed by atoms with van der Waals surface area (Å²) >= 11 is 3.73. The molecule has 14 atom stereocenters. The number of aromatic amines is 1. The molecule has 14 amide bonds. The monoisotopic (exact) mass is 1740 g/mol. The number of imidazole rings is 1. The Morgan fingerprint density at radius 3 is 1.74 bits per heavy atom. The standard InChI is InChI=1S/C78H105N19O21S3/c1-42(98)64-75(116)87-50(23-24-61(100)101)67(108)89-54(32-45-16-8-5-9-17-45)70(111)93-57(39-120-37-46-18-10-19-47(30-46)38-121-40-58(94-68(109)51(25-29-119-3)85-43(2)99)76(117)97-28-13-22-60(97)77(118)96-27-12-21-59(96)74(115)95-64)73(114)92-56(35-63(104)105)72(113)91-55(33-48-36-82-41-84-48)71(112)90-53(31-44-14-6-4-7-15-44)69(110)86-49(20-11-26-83-78(80)81)66(107)88-52(65(79)106)34-62(102)103/h4-10,14-19,30,36,41-42,49-60,64,98H,11-13,20-29,31-35,37-40H2,1-3H3,(H2,79,106)(H,82,84)(H,85,99)(H,86,110)(H,87,116)(H,88,107)(H,89,108)(H,90,112)(H,91,113)(H,92,114)(H,93,111)(H,94,109)(H,95,115)(H,100,101)(H,102,103)(H,104,105)(H4,80,81,83)/t42-,49+,50+,51+,52-,53+,54+,55+,56+,57+,58+,59+,60+,64+/m1/s1. The Morgan fingerprint density at radius 2 is 1.16 bits per heavy atom. The van der Waals surface area contributed by atoms with Crippen molar-refractivity contribution in [3.05, 3.63) is 125 Å². The number of rotatable bonds is 35. The van der Waals surface area contributed by atoms with Crippen molar-refractivity contribution in [2.75, 3.05) is 43.1 Å². The zero-order valence-electron chi connectivity index (χ0n) is 66.8. The minimum absolute atomic E-state index is 0.0119. The molecule has 0 unspecified atom stereocenters. The molecule has 4 aromatic rings. The van der Waals surface area contributed by atoms with E-state index in [2.05, 4.69) is 73.8 Å². The summed E-state index contributed by atoms with van der Waals surface area (Å²) in [4.78, 5) is 248. The third-order valence-corrected chi connectivity index (χ3v) is 22.6. The van der Waals surface area contributed by atoms with Crippen molar-refractivity contribution in [2.45, 2.75) is 200 Å². The van der Waals surface area contributed by atoms with Gasteiger partial charge in [-0.1, -0.05) is 84.9 Å². The number of aromatic nitrogens is 2. The van der Waals surface area contributed by atoms with E-state index in [1.807, 2.05) is 6.26 Å². The van der Waals surface area contributed by atoms with Gasteiger partial charge >= 0.3 is 17.9 Å². The summed E-state index contributed by atoms with van der Waals surface area (Å²) in [7, 11) is 0. The molecule has 43 heteroatoms. The van der Waals surface area contributed by atoms with Crippen LogP contribution in [0.5, 0.6) is 0 Å². The highest BCUT2D eigenvalue weighted by molar-refractivity contribution is 7.99. The van der Waals surface area contributed by atoms with E-state index in [0.29, 0.717) is 40.8 Å². The first kappa shape index (κ1) is 96.3. The minimum atomic E-state index is -2.11. The van der Waals surface area contributed by atoms with Crippen LogP contribution in [-0.2, 0) is 112 Å². The molecule has 4 heterocycles. The van der Waals surface area contributed by atoms with E-state index >= 15 is 14.4 Å². The number of guanidine groups is 1. The zero-order valence-corrected chi connectivity index (χ0v) is 69.3. The molecule has 2 bridgehead atoms. The summed E-state index contributed by atoms with van der Waals surface area (Å²) in [6, 6.07) is 2.39. The lowest BCUT2D eigenvalue weighted by atomic mass is 10.0.